The average molecular weight is 302 g/mol. The Kier molecular flexibility index (Phi) is 4.92. The molecular weight excluding hydrogens is 288 g/mol. The fraction of sp³-hybridized carbons (Fsp3) is 0.200. The largest absolute Gasteiger partial charge is 0.351 e. The molecule has 7 nitrogen and oxygen atoms in total. The molecule has 0 saturated carbocycles. The van der Waals surface area contributed by atoms with Crippen LogP contribution in [0.15, 0.2) is 42.7 Å². The predicted octanol–water partition coefficient (Wildman–Crippen LogP) is 2.51. The van der Waals surface area contributed by atoms with Gasteiger partial charge in [-0.25, -0.2) is 0 Å². The van der Waals surface area contributed by atoms with Crippen LogP contribution in [-0.2, 0) is 9.47 Å². The maximum Gasteiger partial charge on any atom is 0.277 e. The lowest BCUT2D eigenvalue weighted by Gasteiger charge is -2.14. The molecule has 0 bridgehead atoms. The van der Waals surface area contributed by atoms with Crippen LogP contribution in [-0.4, -0.2) is 29.9 Å². The van der Waals surface area contributed by atoms with E-state index >= 15 is 0 Å². The molecule has 0 radical (unpaired) electrons. The second kappa shape index (κ2) is 6.88. The Morgan fingerprint density at radius 3 is 2.50 bits per heavy atom. The Bertz CT molecular complexity index is 684. The zero-order valence-corrected chi connectivity index (χ0v) is 12.1. The van der Waals surface area contributed by atoms with Crippen molar-refractivity contribution in [1.29, 1.82) is 0 Å². The standard InChI is InChI=1S/C15H14N2O5/c1-21-15(22-2)12-8-10(5-6-13(12)17(19)20)14(18)11-4-3-7-16-9-11/h3-9,15H,1-2H3. The lowest BCUT2D eigenvalue weighted by Crippen LogP contribution is -2.10. The van der Waals surface area contributed by atoms with Gasteiger partial charge >= 0.3 is 0 Å². The summed E-state index contributed by atoms with van der Waals surface area (Å²) in [5.74, 6) is -0.282. The van der Waals surface area contributed by atoms with Crippen molar-refractivity contribution >= 4 is 11.5 Å². The van der Waals surface area contributed by atoms with Crippen molar-refractivity contribution in [1.82, 2.24) is 4.98 Å². The number of ketones is 1. The summed E-state index contributed by atoms with van der Waals surface area (Å²) in [6.07, 6.45) is 2.07. The normalized spacial score (nSPS) is 10.7. The summed E-state index contributed by atoms with van der Waals surface area (Å²) in [5.41, 5.74) is 0.711. The number of benzene rings is 1. The van der Waals surface area contributed by atoms with E-state index in [1.807, 2.05) is 0 Å². The Labute approximate surface area is 126 Å². The van der Waals surface area contributed by atoms with Crippen molar-refractivity contribution in [3.05, 3.63) is 69.5 Å². The molecule has 1 heterocycles. The third kappa shape index (κ3) is 3.16. The van der Waals surface area contributed by atoms with Crippen molar-refractivity contribution in [2.75, 3.05) is 14.2 Å². The molecule has 0 fully saturated rings. The minimum absolute atomic E-state index is 0.170. The van der Waals surface area contributed by atoms with Crippen LogP contribution in [0.25, 0.3) is 0 Å². The van der Waals surface area contributed by atoms with Crippen molar-refractivity contribution in [3.8, 4) is 0 Å². The zero-order valence-electron chi connectivity index (χ0n) is 12.1. The molecule has 7 heteroatoms. The van der Waals surface area contributed by atoms with Gasteiger partial charge in [-0.05, 0) is 24.3 Å². The number of methoxy groups -OCH3 is 2. The number of nitrogens with zero attached hydrogens (tertiary/aromatic N) is 2. The summed E-state index contributed by atoms with van der Waals surface area (Å²) < 4.78 is 10.1. The van der Waals surface area contributed by atoms with Gasteiger partial charge in [-0.2, -0.15) is 0 Å². The maximum absolute atomic E-state index is 12.4. The highest BCUT2D eigenvalue weighted by Gasteiger charge is 2.24. The van der Waals surface area contributed by atoms with Crippen molar-refractivity contribution in [2.24, 2.45) is 0 Å². The number of hydrogen-bond acceptors (Lipinski definition) is 6. The molecule has 0 aliphatic carbocycles. The molecule has 2 rings (SSSR count). The van der Waals surface area contributed by atoms with Crippen molar-refractivity contribution in [2.45, 2.75) is 6.29 Å². The van der Waals surface area contributed by atoms with Gasteiger partial charge in [0.05, 0.1) is 10.5 Å². The van der Waals surface area contributed by atoms with E-state index < -0.39 is 11.2 Å². The van der Waals surface area contributed by atoms with Gasteiger partial charge in [-0.3, -0.25) is 19.9 Å². The highest BCUT2D eigenvalue weighted by atomic mass is 16.7. The average Bonchev–Trinajstić information content (AvgIpc) is 2.56. The van der Waals surface area contributed by atoms with Crippen molar-refractivity contribution in [3.63, 3.8) is 0 Å². The predicted molar refractivity (Wildman–Crippen MR) is 77.5 cm³/mol. The molecular formula is C15H14N2O5. The molecule has 0 unspecified atom stereocenters. The number of rotatable bonds is 6. The third-order valence-corrected chi connectivity index (χ3v) is 3.09. The summed E-state index contributed by atoms with van der Waals surface area (Å²) in [6.45, 7) is 0. The fourth-order valence-corrected chi connectivity index (χ4v) is 2.06. The van der Waals surface area contributed by atoms with Gasteiger partial charge < -0.3 is 9.47 Å². The number of carbonyl (C=O) groups excluding carboxylic acids is 1. The highest BCUT2D eigenvalue weighted by molar-refractivity contribution is 6.09. The number of hydrogen-bond donors (Lipinski definition) is 0. The molecule has 1 aromatic heterocycles. The van der Waals surface area contributed by atoms with E-state index in [1.165, 1.54) is 38.6 Å². The van der Waals surface area contributed by atoms with Crippen LogP contribution in [0.2, 0.25) is 0 Å². The molecule has 114 valence electrons. The van der Waals surface area contributed by atoms with Crippen molar-refractivity contribution < 1.29 is 19.2 Å². The molecule has 0 aliphatic rings. The number of aromatic nitrogens is 1. The fourth-order valence-electron chi connectivity index (χ4n) is 2.06. The van der Waals surface area contributed by atoms with Gasteiger partial charge in [0.1, 0.15) is 0 Å². The molecule has 2 aromatic rings. The van der Waals surface area contributed by atoms with E-state index in [4.69, 9.17) is 9.47 Å². The SMILES string of the molecule is COC(OC)c1cc(C(=O)c2cccnc2)ccc1[N+](=O)[O-]. The molecule has 1 aromatic carbocycles. The van der Waals surface area contributed by atoms with E-state index in [9.17, 15) is 14.9 Å². The Balaban J connectivity index is 2.49. The molecule has 22 heavy (non-hydrogen) atoms. The van der Waals surface area contributed by atoms with Gasteiger partial charge in [0.25, 0.3) is 5.69 Å². The zero-order chi connectivity index (χ0) is 16.1. The molecule has 0 spiro atoms. The number of pyridine rings is 1. The highest BCUT2D eigenvalue weighted by Crippen LogP contribution is 2.29. The second-order valence-corrected chi connectivity index (χ2v) is 4.40. The summed E-state index contributed by atoms with van der Waals surface area (Å²) in [7, 11) is 2.74. The van der Waals surface area contributed by atoms with Gasteiger partial charge in [0, 0.05) is 43.8 Å². The van der Waals surface area contributed by atoms with Crippen LogP contribution < -0.4 is 0 Å². The lowest BCUT2D eigenvalue weighted by molar-refractivity contribution is -0.387. The van der Waals surface area contributed by atoms with Gasteiger partial charge in [0.15, 0.2) is 12.1 Å². The first-order valence-electron chi connectivity index (χ1n) is 6.37. The molecule has 0 aliphatic heterocycles. The molecule has 0 saturated heterocycles. The maximum atomic E-state index is 12.4. The Hall–Kier alpha value is -2.64. The Morgan fingerprint density at radius 1 is 1.23 bits per heavy atom. The quantitative estimate of drug-likeness (QED) is 0.352. The minimum Gasteiger partial charge on any atom is -0.351 e. The first kappa shape index (κ1) is 15.7. The van der Waals surface area contributed by atoms with E-state index in [1.54, 1.807) is 18.3 Å². The molecule has 0 atom stereocenters. The van der Waals surface area contributed by atoms with Crippen LogP contribution in [0, 0.1) is 10.1 Å². The monoisotopic (exact) mass is 302 g/mol. The summed E-state index contributed by atoms with van der Waals surface area (Å²) >= 11 is 0. The molecule has 0 N–H and O–H groups in total. The van der Waals surface area contributed by atoms with E-state index in [0.717, 1.165) is 0 Å². The number of ether oxygens (including phenoxy) is 2. The van der Waals surface area contributed by atoms with Crippen LogP contribution in [0.3, 0.4) is 0 Å². The minimum atomic E-state index is -0.929. The van der Waals surface area contributed by atoms with E-state index in [2.05, 4.69) is 4.98 Å². The van der Waals surface area contributed by atoms with Crippen LogP contribution in [0.4, 0.5) is 5.69 Å². The smallest absolute Gasteiger partial charge is 0.277 e. The number of carbonyl (C=O) groups is 1. The summed E-state index contributed by atoms with van der Waals surface area (Å²) in [6, 6.07) is 7.35. The first-order valence-corrected chi connectivity index (χ1v) is 6.37. The van der Waals surface area contributed by atoms with E-state index in [-0.39, 0.29) is 17.0 Å². The lowest BCUT2D eigenvalue weighted by atomic mass is 10.0. The van der Waals surface area contributed by atoms with Gasteiger partial charge in [-0.15, -0.1) is 0 Å². The first-order chi connectivity index (χ1) is 10.6. The second-order valence-electron chi connectivity index (χ2n) is 4.40. The van der Waals surface area contributed by atoms with Crippen LogP contribution in [0.1, 0.15) is 27.8 Å². The summed E-state index contributed by atoms with van der Waals surface area (Å²) in [4.78, 5) is 26.8. The van der Waals surface area contributed by atoms with Gasteiger partial charge in [-0.1, -0.05) is 0 Å². The topological polar surface area (TPSA) is 91.6 Å². The van der Waals surface area contributed by atoms with E-state index in [0.29, 0.717) is 11.1 Å². The van der Waals surface area contributed by atoms with Crippen LogP contribution in [0.5, 0.6) is 0 Å². The Morgan fingerprint density at radius 2 is 1.95 bits per heavy atom. The number of nitro groups is 1. The van der Waals surface area contributed by atoms with Crippen LogP contribution >= 0.6 is 0 Å². The summed E-state index contributed by atoms with van der Waals surface area (Å²) in [5, 5.41) is 11.1. The third-order valence-electron chi connectivity index (χ3n) is 3.09. The number of nitro benzene ring substituents is 1. The molecule has 0 amide bonds. The van der Waals surface area contributed by atoms with Gasteiger partial charge in [0.2, 0.25) is 0 Å².